The van der Waals surface area contributed by atoms with Gasteiger partial charge in [0.2, 0.25) is 0 Å². The summed E-state index contributed by atoms with van der Waals surface area (Å²) in [5, 5.41) is 2.32. The van der Waals surface area contributed by atoms with Crippen molar-refractivity contribution in [3.8, 4) is 5.75 Å². The summed E-state index contributed by atoms with van der Waals surface area (Å²) in [6.45, 7) is 2.48. The summed E-state index contributed by atoms with van der Waals surface area (Å²) in [6.07, 6.45) is 0.987. The van der Waals surface area contributed by atoms with E-state index in [-0.39, 0.29) is 5.56 Å². The van der Waals surface area contributed by atoms with Crippen molar-refractivity contribution in [1.82, 2.24) is 10.1 Å². The van der Waals surface area contributed by atoms with Crippen molar-refractivity contribution in [2.75, 3.05) is 13.7 Å². The maximum absolute atomic E-state index is 11.0. The van der Waals surface area contributed by atoms with Gasteiger partial charge in [-0.05, 0) is 29.7 Å². The molecule has 0 unspecified atom stereocenters. The number of H-pyrrole nitrogens is 1. The van der Waals surface area contributed by atoms with Gasteiger partial charge in [0.25, 0.3) is 5.56 Å². The van der Waals surface area contributed by atoms with Crippen LogP contribution in [0.2, 0.25) is 0 Å². The quantitative estimate of drug-likeness (QED) is 0.909. The van der Waals surface area contributed by atoms with Crippen LogP contribution in [-0.2, 0) is 19.5 Å². The zero-order valence-corrected chi connectivity index (χ0v) is 10.8. The van der Waals surface area contributed by atoms with Gasteiger partial charge in [0, 0.05) is 19.2 Å². The molecule has 0 saturated carbocycles. The number of methoxy groups -OCH3 is 1. The van der Waals surface area contributed by atoms with Crippen molar-refractivity contribution in [1.29, 1.82) is 0 Å². The molecule has 1 aromatic heterocycles. The first-order chi connectivity index (χ1) is 9.24. The van der Waals surface area contributed by atoms with Gasteiger partial charge in [0.05, 0.1) is 13.7 Å². The molecule has 5 heteroatoms. The number of rotatable bonds is 3. The standard InChI is InChI=1S/C14H16N2O3/c1-18-12-3-2-11-8-16(5-4-10(11)6-12)9-13-7-14(17)15-19-13/h2-3,6-7H,4-5,8-9H2,1H3,(H,15,17). The second-order valence-electron chi connectivity index (χ2n) is 4.77. The Balaban J connectivity index is 1.73. The molecule has 0 atom stereocenters. The van der Waals surface area contributed by atoms with E-state index in [2.05, 4.69) is 22.2 Å². The zero-order valence-electron chi connectivity index (χ0n) is 10.8. The van der Waals surface area contributed by atoms with E-state index in [4.69, 9.17) is 9.26 Å². The molecule has 1 aromatic carbocycles. The smallest absolute Gasteiger partial charge is 0.280 e. The van der Waals surface area contributed by atoms with E-state index in [0.29, 0.717) is 12.3 Å². The van der Waals surface area contributed by atoms with Crippen molar-refractivity contribution >= 4 is 0 Å². The average molecular weight is 260 g/mol. The number of aromatic amines is 1. The Labute approximate surface area is 110 Å². The fourth-order valence-corrected chi connectivity index (χ4v) is 2.47. The highest BCUT2D eigenvalue weighted by Gasteiger charge is 2.18. The molecule has 5 nitrogen and oxygen atoms in total. The van der Waals surface area contributed by atoms with E-state index in [1.54, 1.807) is 7.11 Å². The Hall–Kier alpha value is -2.01. The van der Waals surface area contributed by atoms with Gasteiger partial charge in [-0.1, -0.05) is 6.07 Å². The molecular weight excluding hydrogens is 244 g/mol. The molecule has 2 aromatic rings. The Morgan fingerprint density at radius 1 is 1.37 bits per heavy atom. The Morgan fingerprint density at radius 2 is 2.26 bits per heavy atom. The molecule has 1 aliphatic heterocycles. The van der Waals surface area contributed by atoms with E-state index in [9.17, 15) is 4.79 Å². The van der Waals surface area contributed by atoms with E-state index < -0.39 is 0 Å². The molecule has 0 amide bonds. The molecule has 2 heterocycles. The van der Waals surface area contributed by atoms with Gasteiger partial charge >= 0.3 is 0 Å². The number of fused-ring (bicyclic) bond motifs is 1. The zero-order chi connectivity index (χ0) is 13.2. The lowest BCUT2D eigenvalue weighted by Crippen LogP contribution is -2.29. The van der Waals surface area contributed by atoms with E-state index >= 15 is 0 Å². The largest absolute Gasteiger partial charge is 0.497 e. The third-order valence-corrected chi connectivity index (χ3v) is 3.46. The van der Waals surface area contributed by atoms with Crippen LogP contribution in [0, 0.1) is 0 Å². The third kappa shape index (κ3) is 2.56. The highest BCUT2D eigenvalue weighted by atomic mass is 16.5. The van der Waals surface area contributed by atoms with Crippen LogP contribution in [-0.4, -0.2) is 23.7 Å². The molecule has 0 saturated heterocycles. The molecule has 0 spiro atoms. The molecule has 0 fully saturated rings. The van der Waals surface area contributed by atoms with Crippen LogP contribution >= 0.6 is 0 Å². The molecule has 100 valence electrons. The maximum Gasteiger partial charge on any atom is 0.280 e. The number of hydrogen-bond acceptors (Lipinski definition) is 4. The van der Waals surface area contributed by atoms with Gasteiger partial charge in [0.1, 0.15) is 5.75 Å². The van der Waals surface area contributed by atoms with E-state index in [1.165, 1.54) is 17.2 Å². The number of nitrogens with zero attached hydrogens (tertiary/aromatic N) is 1. The maximum atomic E-state index is 11.0. The first-order valence-corrected chi connectivity index (χ1v) is 6.30. The molecular formula is C14H16N2O3. The monoisotopic (exact) mass is 260 g/mol. The van der Waals surface area contributed by atoms with Crippen molar-refractivity contribution in [2.24, 2.45) is 0 Å². The summed E-state index contributed by atoms with van der Waals surface area (Å²) < 4.78 is 10.3. The molecule has 1 N–H and O–H groups in total. The van der Waals surface area contributed by atoms with Crippen LogP contribution in [0.15, 0.2) is 33.6 Å². The molecule has 1 aliphatic rings. The van der Waals surface area contributed by atoms with E-state index in [1.807, 2.05) is 6.07 Å². The van der Waals surface area contributed by atoms with Crippen LogP contribution in [0.4, 0.5) is 0 Å². The third-order valence-electron chi connectivity index (χ3n) is 3.46. The van der Waals surface area contributed by atoms with Gasteiger partial charge in [0.15, 0.2) is 5.76 Å². The SMILES string of the molecule is COc1ccc2c(c1)CCN(Cc1cc(=O)[nH]o1)C2. The number of benzene rings is 1. The fraction of sp³-hybridized carbons (Fsp3) is 0.357. The minimum absolute atomic E-state index is 0.183. The van der Waals surface area contributed by atoms with Crippen molar-refractivity contribution in [3.05, 3.63) is 51.5 Å². The summed E-state index contributed by atoms with van der Waals surface area (Å²) in [5.41, 5.74) is 2.47. The topological polar surface area (TPSA) is 58.5 Å². The fourth-order valence-electron chi connectivity index (χ4n) is 2.47. The van der Waals surface area contributed by atoms with Gasteiger partial charge in [-0.15, -0.1) is 0 Å². The van der Waals surface area contributed by atoms with Gasteiger partial charge < -0.3 is 9.26 Å². The van der Waals surface area contributed by atoms with Gasteiger partial charge in [-0.2, -0.15) is 5.16 Å². The molecule has 0 radical (unpaired) electrons. The Morgan fingerprint density at radius 3 is 3.00 bits per heavy atom. The summed E-state index contributed by atoms with van der Waals surface area (Å²) in [4.78, 5) is 13.3. The van der Waals surface area contributed by atoms with Crippen molar-refractivity contribution < 1.29 is 9.26 Å². The highest BCUT2D eigenvalue weighted by Crippen LogP contribution is 2.24. The first-order valence-electron chi connectivity index (χ1n) is 6.30. The predicted molar refractivity (Wildman–Crippen MR) is 70.1 cm³/mol. The Bertz CT molecular complexity index is 630. The van der Waals surface area contributed by atoms with Crippen LogP contribution in [0.3, 0.4) is 0 Å². The minimum atomic E-state index is -0.183. The van der Waals surface area contributed by atoms with Crippen LogP contribution in [0.5, 0.6) is 5.75 Å². The molecule has 0 aliphatic carbocycles. The predicted octanol–water partition coefficient (Wildman–Crippen LogP) is 1.53. The lowest BCUT2D eigenvalue weighted by Gasteiger charge is -2.28. The molecule has 0 bridgehead atoms. The summed E-state index contributed by atoms with van der Waals surface area (Å²) >= 11 is 0. The van der Waals surface area contributed by atoms with Crippen molar-refractivity contribution in [2.45, 2.75) is 19.5 Å². The lowest BCUT2D eigenvalue weighted by atomic mass is 9.99. The first kappa shape index (κ1) is 12.0. The number of hydrogen-bond donors (Lipinski definition) is 1. The summed E-state index contributed by atoms with van der Waals surface area (Å²) in [5.74, 6) is 1.59. The van der Waals surface area contributed by atoms with Gasteiger partial charge in [-0.3, -0.25) is 9.69 Å². The molecule has 19 heavy (non-hydrogen) atoms. The van der Waals surface area contributed by atoms with E-state index in [0.717, 1.165) is 25.3 Å². The van der Waals surface area contributed by atoms with Crippen LogP contribution in [0.1, 0.15) is 16.9 Å². The second-order valence-corrected chi connectivity index (χ2v) is 4.77. The Kier molecular flexibility index (Phi) is 3.13. The highest BCUT2D eigenvalue weighted by molar-refractivity contribution is 5.37. The van der Waals surface area contributed by atoms with Crippen LogP contribution < -0.4 is 10.3 Å². The second kappa shape index (κ2) is 4.93. The van der Waals surface area contributed by atoms with Crippen molar-refractivity contribution in [3.63, 3.8) is 0 Å². The number of ether oxygens (including phenoxy) is 1. The minimum Gasteiger partial charge on any atom is -0.497 e. The lowest BCUT2D eigenvalue weighted by molar-refractivity contribution is 0.214. The average Bonchev–Trinajstić information content (AvgIpc) is 2.83. The summed E-state index contributed by atoms with van der Waals surface area (Å²) in [6, 6.07) is 7.69. The number of aromatic nitrogens is 1. The molecule has 3 rings (SSSR count). The van der Waals surface area contributed by atoms with Gasteiger partial charge in [-0.25, -0.2) is 0 Å². The number of nitrogens with one attached hydrogen (secondary N) is 1. The van der Waals surface area contributed by atoms with Crippen LogP contribution in [0.25, 0.3) is 0 Å². The summed E-state index contributed by atoms with van der Waals surface area (Å²) in [7, 11) is 1.69. The normalized spacial score (nSPS) is 15.2.